The summed E-state index contributed by atoms with van der Waals surface area (Å²) in [4.78, 5) is 24.6. The van der Waals surface area contributed by atoms with Crippen LogP contribution in [0.15, 0.2) is 36.4 Å². The summed E-state index contributed by atoms with van der Waals surface area (Å²) >= 11 is 0. The van der Waals surface area contributed by atoms with Gasteiger partial charge >= 0.3 is 12.1 Å². The van der Waals surface area contributed by atoms with Crippen LogP contribution in [-0.4, -0.2) is 58.4 Å². The fraction of sp³-hybridized carbons (Fsp3) is 0.481. The second-order valence-electron chi connectivity index (χ2n) is 8.63. The molecule has 204 valence electrons. The van der Waals surface area contributed by atoms with Crippen LogP contribution in [0.4, 0.5) is 20.6 Å². The Labute approximate surface area is 218 Å². The number of nitrogens with two attached hydrogens (primary N) is 1. The van der Waals surface area contributed by atoms with Crippen LogP contribution < -0.4 is 27.0 Å². The topological polar surface area (TPSA) is 127 Å². The highest BCUT2D eigenvalue weighted by Crippen LogP contribution is 2.26. The maximum absolute atomic E-state index is 14.7. The van der Waals surface area contributed by atoms with E-state index in [0.717, 1.165) is 69.1 Å². The van der Waals surface area contributed by atoms with Crippen molar-refractivity contribution in [1.29, 1.82) is 0 Å². The van der Waals surface area contributed by atoms with E-state index in [-0.39, 0.29) is 23.5 Å². The van der Waals surface area contributed by atoms with Crippen molar-refractivity contribution >= 4 is 23.4 Å². The molecule has 0 bridgehead atoms. The lowest BCUT2D eigenvalue weighted by atomic mass is 10.1. The van der Waals surface area contributed by atoms with Gasteiger partial charge in [-0.3, -0.25) is 5.32 Å². The molecule has 6 N–H and O–H groups in total. The molecular formula is C27H40FN5O4. The largest absolute Gasteiger partial charge is 0.465 e. The number of anilines is 2. The fourth-order valence-electron chi connectivity index (χ4n) is 3.57. The molecule has 2 aromatic carbocycles. The van der Waals surface area contributed by atoms with E-state index in [1.807, 2.05) is 31.2 Å². The summed E-state index contributed by atoms with van der Waals surface area (Å²) < 4.78 is 24.7. The predicted molar refractivity (Wildman–Crippen MR) is 144 cm³/mol. The van der Waals surface area contributed by atoms with Gasteiger partial charge in [0.1, 0.15) is 12.4 Å². The summed E-state index contributed by atoms with van der Waals surface area (Å²) in [6.07, 6.45) is 3.17. The molecule has 0 aromatic heterocycles. The summed E-state index contributed by atoms with van der Waals surface area (Å²) in [6, 6.07) is 9.96. The zero-order chi connectivity index (χ0) is 26.9. The van der Waals surface area contributed by atoms with Gasteiger partial charge in [-0.1, -0.05) is 24.3 Å². The third-order valence-electron chi connectivity index (χ3n) is 5.73. The first-order chi connectivity index (χ1) is 18.0. The van der Waals surface area contributed by atoms with Gasteiger partial charge in [-0.2, -0.15) is 0 Å². The molecule has 10 heteroatoms. The van der Waals surface area contributed by atoms with Crippen LogP contribution in [0.3, 0.4) is 0 Å². The molecule has 2 rings (SSSR count). The molecule has 1 amide bonds. The molecule has 0 atom stereocenters. The third kappa shape index (κ3) is 11.2. The lowest BCUT2D eigenvalue weighted by Crippen LogP contribution is -2.22. The SMILES string of the molecule is COC(=O)c1cc(F)c(NCCCNCCCCNCCCN)cc1NC(=O)OCc1ccccc1C. The van der Waals surface area contributed by atoms with Crippen molar-refractivity contribution in [1.82, 2.24) is 10.6 Å². The number of methoxy groups -OCH3 is 1. The van der Waals surface area contributed by atoms with Gasteiger partial charge < -0.3 is 31.2 Å². The van der Waals surface area contributed by atoms with Crippen molar-refractivity contribution in [3.05, 3.63) is 58.9 Å². The van der Waals surface area contributed by atoms with Crippen LogP contribution in [0.25, 0.3) is 0 Å². The molecule has 0 unspecified atom stereocenters. The number of nitrogens with one attached hydrogen (secondary N) is 4. The molecule has 0 aliphatic heterocycles. The average Bonchev–Trinajstić information content (AvgIpc) is 2.89. The number of unbranched alkanes of at least 4 members (excludes halogenated alkanes) is 1. The second kappa shape index (κ2) is 17.3. The molecule has 0 heterocycles. The van der Waals surface area contributed by atoms with Gasteiger partial charge in [-0.25, -0.2) is 14.0 Å². The Morgan fingerprint density at radius 2 is 1.59 bits per heavy atom. The molecule has 0 saturated heterocycles. The van der Waals surface area contributed by atoms with E-state index in [1.54, 1.807) is 0 Å². The summed E-state index contributed by atoms with van der Waals surface area (Å²) in [5, 5.41) is 12.3. The molecule has 0 aliphatic rings. The monoisotopic (exact) mass is 517 g/mol. The minimum atomic E-state index is -0.765. The highest BCUT2D eigenvalue weighted by Gasteiger charge is 2.19. The number of aryl methyl sites for hydroxylation is 1. The van der Waals surface area contributed by atoms with E-state index < -0.39 is 17.9 Å². The Morgan fingerprint density at radius 3 is 2.27 bits per heavy atom. The molecule has 0 saturated carbocycles. The number of carbonyl (C=O) groups is 2. The first-order valence-electron chi connectivity index (χ1n) is 12.7. The number of rotatable bonds is 17. The number of benzene rings is 2. The van der Waals surface area contributed by atoms with Gasteiger partial charge in [0.15, 0.2) is 0 Å². The predicted octanol–water partition coefficient (Wildman–Crippen LogP) is 3.78. The van der Waals surface area contributed by atoms with E-state index in [2.05, 4.69) is 21.3 Å². The molecule has 0 spiro atoms. The lowest BCUT2D eigenvalue weighted by Gasteiger charge is -2.15. The smallest absolute Gasteiger partial charge is 0.411 e. The van der Waals surface area contributed by atoms with Crippen LogP contribution >= 0.6 is 0 Å². The Balaban J connectivity index is 1.82. The zero-order valence-corrected chi connectivity index (χ0v) is 21.8. The maximum Gasteiger partial charge on any atom is 0.411 e. The lowest BCUT2D eigenvalue weighted by molar-refractivity contribution is 0.0601. The Hall–Kier alpha value is -3.21. The Morgan fingerprint density at radius 1 is 0.919 bits per heavy atom. The van der Waals surface area contributed by atoms with E-state index in [1.165, 1.54) is 13.2 Å². The van der Waals surface area contributed by atoms with Gasteiger partial charge in [-0.05, 0) is 88.6 Å². The van der Waals surface area contributed by atoms with E-state index in [9.17, 15) is 14.0 Å². The third-order valence-corrected chi connectivity index (χ3v) is 5.73. The summed E-state index contributed by atoms with van der Waals surface area (Å²) in [5.74, 6) is -1.38. The van der Waals surface area contributed by atoms with Crippen LogP contribution in [0.2, 0.25) is 0 Å². The van der Waals surface area contributed by atoms with Gasteiger partial charge in [0, 0.05) is 6.54 Å². The quantitative estimate of drug-likeness (QED) is 0.159. The molecule has 0 fully saturated rings. The number of ether oxygens (including phenoxy) is 2. The normalized spacial score (nSPS) is 10.7. The van der Waals surface area contributed by atoms with Crippen molar-refractivity contribution in [3.8, 4) is 0 Å². The number of amides is 1. The Bertz CT molecular complexity index is 989. The van der Waals surface area contributed by atoms with Crippen LogP contribution in [0.5, 0.6) is 0 Å². The Kier molecular flexibility index (Phi) is 14.0. The van der Waals surface area contributed by atoms with Crippen LogP contribution in [-0.2, 0) is 16.1 Å². The number of hydrogen-bond donors (Lipinski definition) is 5. The van der Waals surface area contributed by atoms with Crippen molar-refractivity contribution < 1.29 is 23.5 Å². The van der Waals surface area contributed by atoms with E-state index in [0.29, 0.717) is 13.1 Å². The highest BCUT2D eigenvalue weighted by atomic mass is 19.1. The van der Waals surface area contributed by atoms with Gasteiger partial charge in [0.05, 0.1) is 24.0 Å². The zero-order valence-electron chi connectivity index (χ0n) is 21.8. The highest BCUT2D eigenvalue weighted by molar-refractivity contribution is 6.00. The van der Waals surface area contributed by atoms with Crippen molar-refractivity contribution in [2.24, 2.45) is 5.73 Å². The first-order valence-corrected chi connectivity index (χ1v) is 12.7. The van der Waals surface area contributed by atoms with Gasteiger partial charge in [0.25, 0.3) is 0 Å². The number of hydrogen-bond acceptors (Lipinski definition) is 8. The molecule has 0 aliphatic carbocycles. The maximum atomic E-state index is 14.7. The minimum Gasteiger partial charge on any atom is -0.465 e. The second-order valence-corrected chi connectivity index (χ2v) is 8.63. The minimum absolute atomic E-state index is 0.0656. The van der Waals surface area contributed by atoms with Crippen molar-refractivity contribution in [2.75, 3.05) is 57.0 Å². The van der Waals surface area contributed by atoms with Crippen LogP contribution in [0.1, 0.15) is 47.2 Å². The molecule has 0 radical (unpaired) electrons. The molecule has 37 heavy (non-hydrogen) atoms. The fourth-order valence-corrected chi connectivity index (χ4v) is 3.57. The standard InChI is InChI=1S/C27H40FN5O4/c1-20-9-3-4-10-21(20)19-37-27(35)33-24-18-25(23(28)17-22(24)26(34)36-2)32-16-8-15-31-13-6-5-12-30-14-7-11-29/h3-4,9-10,17-18,30-32H,5-8,11-16,19,29H2,1-2H3,(H,33,35). The number of halogens is 1. The van der Waals surface area contributed by atoms with Crippen molar-refractivity contribution in [2.45, 2.75) is 39.2 Å². The van der Waals surface area contributed by atoms with E-state index >= 15 is 0 Å². The van der Waals surface area contributed by atoms with Crippen molar-refractivity contribution in [3.63, 3.8) is 0 Å². The number of esters is 1. The molecular weight excluding hydrogens is 477 g/mol. The van der Waals surface area contributed by atoms with E-state index in [4.69, 9.17) is 15.2 Å². The first kappa shape index (κ1) is 30.0. The number of carbonyl (C=O) groups excluding carboxylic acids is 2. The summed E-state index contributed by atoms with van der Waals surface area (Å²) in [5.41, 5.74) is 7.49. The van der Waals surface area contributed by atoms with Gasteiger partial charge in [0.2, 0.25) is 0 Å². The summed E-state index contributed by atoms with van der Waals surface area (Å²) in [6.45, 7) is 6.85. The average molecular weight is 518 g/mol. The van der Waals surface area contributed by atoms with Gasteiger partial charge in [-0.15, -0.1) is 0 Å². The summed E-state index contributed by atoms with van der Waals surface area (Å²) in [7, 11) is 1.19. The van der Waals surface area contributed by atoms with Crippen LogP contribution in [0, 0.1) is 12.7 Å². The molecule has 2 aromatic rings. The molecule has 9 nitrogen and oxygen atoms in total.